The molecule has 0 aromatic carbocycles. The number of carbonyl (C=O) groups is 1. The molecular weight excluding hydrogens is 222 g/mol. The van der Waals surface area contributed by atoms with Crippen LogP contribution in [0.15, 0.2) is 36.5 Å². The maximum atomic E-state index is 11.2. The molecule has 1 aliphatic rings. The summed E-state index contributed by atoms with van der Waals surface area (Å²) in [6.45, 7) is 17.5. The maximum Gasteiger partial charge on any atom is 0.219 e. The number of hydrogen-bond acceptors (Lipinski definition) is 1. The zero-order chi connectivity index (χ0) is 14.6. The molecule has 1 rings (SSSR count). The van der Waals surface area contributed by atoms with Crippen molar-refractivity contribution in [3.8, 4) is 0 Å². The van der Waals surface area contributed by atoms with Gasteiger partial charge in [0.25, 0.3) is 0 Å². The molecule has 1 unspecified atom stereocenters. The lowest BCUT2D eigenvalue weighted by Gasteiger charge is -2.09. The summed E-state index contributed by atoms with van der Waals surface area (Å²) in [5.41, 5.74) is 2.33. The van der Waals surface area contributed by atoms with E-state index in [0.717, 1.165) is 18.4 Å². The first-order valence-electron chi connectivity index (χ1n) is 6.96. The molecule has 0 radical (unpaired) electrons. The van der Waals surface area contributed by atoms with Gasteiger partial charge in [0.2, 0.25) is 5.91 Å². The van der Waals surface area contributed by atoms with Gasteiger partial charge in [-0.15, -0.1) is 0 Å². The summed E-state index contributed by atoms with van der Waals surface area (Å²) < 4.78 is 0. The summed E-state index contributed by atoms with van der Waals surface area (Å²) >= 11 is 0. The summed E-state index contributed by atoms with van der Waals surface area (Å²) in [6, 6.07) is 0.237. The molecule has 1 aliphatic carbocycles. The van der Waals surface area contributed by atoms with Crippen molar-refractivity contribution in [3.63, 3.8) is 0 Å². The second-order valence-corrected chi connectivity index (χ2v) is 3.56. The number of rotatable bonds is 3. The molecule has 1 fully saturated rings. The number of hydrogen-bond donors (Lipinski definition) is 1. The predicted molar refractivity (Wildman–Crippen MR) is 81.6 cm³/mol. The molecule has 1 atom stereocenters. The molecule has 0 spiro atoms. The Labute approximate surface area is 113 Å². The topological polar surface area (TPSA) is 29.1 Å². The minimum Gasteiger partial charge on any atom is -0.353 e. The highest BCUT2D eigenvalue weighted by molar-refractivity contribution is 5.76. The molecule has 1 N–H and O–H groups in total. The molecule has 1 amide bonds. The smallest absolute Gasteiger partial charge is 0.219 e. The van der Waals surface area contributed by atoms with E-state index in [0.29, 0.717) is 6.42 Å². The Morgan fingerprint density at radius 2 is 1.89 bits per heavy atom. The van der Waals surface area contributed by atoms with Crippen LogP contribution in [0.2, 0.25) is 0 Å². The van der Waals surface area contributed by atoms with E-state index in [1.165, 1.54) is 5.57 Å². The van der Waals surface area contributed by atoms with Crippen LogP contribution in [-0.4, -0.2) is 11.9 Å². The van der Waals surface area contributed by atoms with Crippen molar-refractivity contribution in [2.24, 2.45) is 0 Å². The van der Waals surface area contributed by atoms with Crippen LogP contribution < -0.4 is 5.32 Å². The van der Waals surface area contributed by atoms with Crippen molar-refractivity contribution >= 4 is 5.91 Å². The average Bonchev–Trinajstić information content (AvgIpc) is 2.75. The van der Waals surface area contributed by atoms with Crippen molar-refractivity contribution in [1.29, 1.82) is 0 Å². The molecule has 0 aromatic heterocycles. The Kier molecular flexibility index (Phi) is 12.9. The Hall–Kier alpha value is -1.31. The predicted octanol–water partition coefficient (Wildman–Crippen LogP) is 4.40. The SMILES string of the molecule is C=C/C=C1/CC(NC(=O)CC)CC1=C.CC.CC. The average molecular weight is 251 g/mol. The lowest BCUT2D eigenvalue weighted by atomic mass is 10.1. The Morgan fingerprint density at radius 1 is 1.33 bits per heavy atom. The van der Waals surface area contributed by atoms with Gasteiger partial charge in [0.05, 0.1) is 0 Å². The summed E-state index contributed by atoms with van der Waals surface area (Å²) in [7, 11) is 0. The molecule has 2 nitrogen and oxygen atoms in total. The van der Waals surface area contributed by atoms with E-state index in [1.807, 2.05) is 40.7 Å². The highest BCUT2D eigenvalue weighted by Crippen LogP contribution is 2.29. The van der Waals surface area contributed by atoms with Crippen LogP contribution in [0.25, 0.3) is 0 Å². The number of amides is 1. The number of nitrogens with one attached hydrogen (secondary N) is 1. The summed E-state index contributed by atoms with van der Waals surface area (Å²) in [6.07, 6.45) is 6.04. The van der Waals surface area contributed by atoms with Gasteiger partial charge < -0.3 is 5.32 Å². The second kappa shape index (κ2) is 12.2. The minimum absolute atomic E-state index is 0.114. The number of allylic oxidation sites excluding steroid dienone is 2. The first-order valence-corrected chi connectivity index (χ1v) is 6.96. The van der Waals surface area contributed by atoms with Crippen molar-refractivity contribution in [1.82, 2.24) is 5.32 Å². The zero-order valence-electron chi connectivity index (χ0n) is 12.7. The first kappa shape index (κ1) is 19.0. The van der Waals surface area contributed by atoms with Crippen LogP contribution in [0.4, 0.5) is 0 Å². The molecule has 0 saturated heterocycles. The molecule has 18 heavy (non-hydrogen) atoms. The normalized spacial score (nSPS) is 19.3. The van der Waals surface area contributed by atoms with E-state index in [-0.39, 0.29) is 11.9 Å². The lowest BCUT2D eigenvalue weighted by Crippen LogP contribution is -2.31. The molecular formula is C16H29NO. The van der Waals surface area contributed by atoms with Gasteiger partial charge in [0, 0.05) is 12.5 Å². The van der Waals surface area contributed by atoms with E-state index < -0.39 is 0 Å². The fourth-order valence-electron chi connectivity index (χ4n) is 1.67. The van der Waals surface area contributed by atoms with Crippen LogP contribution >= 0.6 is 0 Å². The van der Waals surface area contributed by atoms with Crippen LogP contribution in [0.1, 0.15) is 53.9 Å². The molecule has 1 saturated carbocycles. The van der Waals surface area contributed by atoms with Crippen LogP contribution in [-0.2, 0) is 4.79 Å². The van der Waals surface area contributed by atoms with Crippen molar-refractivity contribution in [2.75, 3.05) is 0 Å². The lowest BCUT2D eigenvalue weighted by molar-refractivity contribution is -0.121. The van der Waals surface area contributed by atoms with E-state index >= 15 is 0 Å². The fraction of sp³-hybridized carbons (Fsp3) is 0.562. The van der Waals surface area contributed by atoms with Gasteiger partial charge in [0.15, 0.2) is 0 Å². The standard InChI is InChI=1S/C12H17NO.2C2H6/c1-4-6-10-8-11(7-9(10)3)13-12(14)5-2;2*1-2/h4,6,11H,1,3,5,7-8H2,2H3,(H,13,14);2*1-2H3/b10-6-;;. The van der Waals surface area contributed by atoms with Gasteiger partial charge in [-0.1, -0.05) is 59.9 Å². The molecule has 104 valence electrons. The molecule has 2 heteroatoms. The van der Waals surface area contributed by atoms with Crippen LogP contribution in [0, 0.1) is 0 Å². The Balaban J connectivity index is 0. The number of carbonyl (C=O) groups excluding carboxylic acids is 1. The Bertz CT molecular complexity index is 289. The fourth-order valence-corrected chi connectivity index (χ4v) is 1.67. The molecule has 0 bridgehead atoms. The van der Waals surface area contributed by atoms with Crippen molar-refractivity contribution in [3.05, 3.63) is 36.5 Å². The van der Waals surface area contributed by atoms with E-state index in [4.69, 9.17) is 0 Å². The Morgan fingerprint density at radius 3 is 2.33 bits per heavy atom. The minimum atomic E-state index is 0.114. The van der Waals surface area contributed by atoms with Crippen molar-refractivity contribution < 1.29 is 4.79 Å². The first-order chi connectivity index (χ1) is 8.67. The van der Waals surface area contributed by atoms with Gasteiger partial charge in [-0.05, 0) is 24.0 Å². The highest BCUT2D eigenvalue weighted by atomic mass is 16.1. The molecule has 0 aromatic rings. The maximum absolute atomic E-state index is 11.2. The largest absolute Gasteiger partial charge is 0.353 e. The van der Waals surface area contributed by atoms with Crippen LogP contribution in [0.5, 0.6) is 0 Å². The van der Waals surface area contributed by atoms with E-state index in [1.54, 1.807) is 6.08 Å². The summed E-state index contributed by atoms with van der Waals surface area (Å²) in [5, 5.41) is 2.97. The van der Waals surface area contributed by atoms with E-state index in [9.17, 15) is 4.79 Å². The third-order valence-corrected chi connectivity index (χ3v) is 2.42. The summed E-state index contributed by atoms with van der Waals surface area (Å²) in [4.78, 5) is 11.2. The summed E-state index contributed by atoms with van der Waals surface area (Å²) in [5.74, 6) is 0.114. The monoisotopic (exact) mass is 251 g/mol. The van der Waals surface area contributed by atoms with E-state index in [2.05, 4.69) is 18.5 Å². The highest BCUT2D eigenvalue weighted by Gasteiger charge is 2.22. The molecule has 0 heterocycles. The quantitative estimate of drug-likeness (QED) is 0.791. The van der Waals surface area contributed by atoms with Gasteiger partial charge in [-0.3, -0.25) is 4.79 Å². The second-order valence-electron chi connectivity index (χ2n) is 3.56. The third kappa shape index (κ3) is 7.10. The molecule has 0 aliphatic heterocycles. The van der Waals surface area contributed by atoms with Crippen LogP contribution in [0.3, 0.4) is 0 Å². The van der Waals surface area contributed by atoms with Gasteiger partial charge >= 0.3 is 0 Å². The van der Waals surface area contributed by atoms with Crippen molar-refractivity contribution in [2.45, 2.75) is 59.9 Å². The van der Waals surface area contributed by atoms with Gasteiger partial charge in [-0.25, -0.2) is 0 Å². The third-order valence-electron chi connectivity index (χ3n) is 2.42. The zero-order valence-corrected chi connectivity index (χ0v) is 12.7. The van der Waals surface area contributed by atoms with Gasteiger partial charge in [-0.2, -0.15) is 0 Å². The van der Waals surface area contributed by atoms with Gasteiger partial charge in [0.1, 0.15) is 0 Å².